The molecular formula is C26H38N8O3. The lowest BCUT2D eigenvalue weighted by atomic mass is 10.0. The summed E-state index contributed by atoms with van der Waals surface area (Å²) in [5.41, 5.74) is 6.50. The Morgan fingerprint density at radius 2 is 1.84 bits per heavy atom. The van der Waals surface area contributed by atoms with Crippen LogP contribution in [0.25, 0.3) is 0 Å². The fraction of sp³-hybridized carbons (Fsp3) is 0.577. The standard InChI is InChI=1S/C26H38N8O3/c27-7-1-11-32-13-5-20(6-14-32)34-18-23-24(31-26(34)36)30-21-17-19(3-4-22(21)37-23)25(35)29-8-2-12-33-15-9-28-10-16-33/h3-4,17-18,20,28H,1-2,5-16,27H2,(H,29,35)(H,30,31,36). The van der Waals surface area contributed by atoms with Crippen molar-refractivity contribution in [3.63, 3.8) is 0 Å². The van der Waals surface area contributed by atoms with Crippen molar-refractivity contribution in [3.05, 3.63) is 40.4 Å². The van der Waals surface area contributed by atoms with Crippen molar-refractivity contribution in [2.75, 3.05) is 70.8 Å². The molecule has 0 unspecified atom stereocenters. The molecule has 5 N–H and O–H groups in total. The lowest BCUT2D eigenvalue weighted by molar-refractivity contribution is 0.0951. The SMILES string of the molecule is NCCCN1CCC(n2cc3c(nc2=O)Nc2cc(C(=O)NCCCN4CCNCC4)ccc2O3)CC1. The summed E-state index contributed by atoms with van der Waals surface area (Å²) in [4.78, 5) is 34.6. The lowest BCUT2D eigenvalue weighted by Gasteiger charge is -2.33. The van der Waals surface area contributed by atoms with Crippen LogP contribution in [-0.4, -0.2) is 90.7 Å². The van der Waals surface area contributed by atoms with Crippen molar-refractivity contribution in [2.45, 2.75) is 31.7 Å². The van der Waals surface area contributed by atoms with E-state index in [9.17, 15) is 9.59 Å². The molecule has 11 heteroatoms. The molecule has 3 aliphatic heterocycles. The third kappa shape index (κ3) is 6.30. The number of nitrogens with one attached hydrogen (secondary N) is 3. The van der Waals surface area contributed by atoms with Crippen molar-refractivity contribution >= 4 is 17.4 Å². The third-order valence-corrected chi connectivity index (χ3v) is 7.41. The molecule has 0 spiro atoms. The molecule has 37 heavy (non-hydrogen) atoms. The summed E-state index contributed by atoms with van der Waals surface area (Å²) in [6.45, 7) is 9.35. The Morgan fingerprint density at radius 3 is 2.62 bits per heavy atom. The highest BCUT2D eigenvalue weighted by molar-refractivity contribution is 5.96. The van der Waals surface area contributed by atoms with Gasteiger partial charge in [0, 0.05) is 57.4 Å². The van der Waals surface area contributed by atoms with Crippen molar-refractivity contribution in [1.82, 2.24) is 30.0 Å². The minimum Gasteiger partial charge on any atom is -0.450 e. The minimum absolute atomic E-state index is 0.0991. The topological polar surface area (TPSA) is 130 Å². The first-order chi connectivity index (χ1) is 18.1. The molecular weight excluding hydrogens is 472 g/mol. The summed E-state index contributed by atoms with van der Waals surface area (Å²) in [5, 5.41) is 9.54. The van der Waals surface area contributed by atoms with Crippen LogP contribution in [-0.2, 0) is 0 Å². The molecule has 11 nitrogen and oxygen atoms in total. The summed E-state index contributed by atoms with van der Waals surface area (Å²) in [7, 11) is 0. The maximum atomic E-state index is 12.8. The number of hydrogen-bond donors (Lipinski definition) is 4. The molecule has 2 saturated heterocycles. The number of piperazine rings is 1. The number of ether oxygens (including phenoxy) is 1. The van der Waals surface area contributed by atoms with Crippen LogP contribution in [0.4, 0.5) is 11.5 Å². The quantitative estimate of drug-likeness (QED) is 0.313. The van der Waals surface area contributed by atoms with E-state index in [4.69, 9.17) is 10.5 Å². The largest absolute Gasteiger partial charge is 0.450 e. The molecule has 2 aromatic rings. The van der Waals surface area contributed by atoms with Gasteiger partial charge in [0.1, 0.15) is 0 Å². The molecule has 3 aliphatic rings. The van der Waals surface area contributed by atoms with Crippen molar-refractivity contribution in [3.8, 4) is 11.5 Å². The molecule has 0 atom stereocenters. The molecule has 0 bridgehead atoms. The van der Waals surface area contributed by atoms with Gasteiger partial charge in [-0.2, -0.15) is 4.98 Å². The summed E-state index contributed by atoms with van der Waals surface area (Å²) in [6.07, 6.45) is 5.45. The Balaban J connectivity index is 1.18. The molecule has 1 aromatic carbocycles. The van der Waals surface area contributed by atoms with Gasteiger partial charge in [0.15, 0.2) is 17.3 Å². The fourth-order valence-electron chi connectivity index (χ4n) is 5.26. The number of nitrogens with zero attached hydrogens (tertiary/aromatic N) is 4. The molecule has 0 saturated carbocycles. The number of carbonyl (C=O) groups is 1. The average molecular weight is 511 g/mol. The molecule has 0 radical (unpaired) electrons. The van der Waals surface area contributed by atoms with Crippen LogP contribution in [0.5, 0.6) is 11.5 Å². The van der Waals surface area contributed by atoms with E-state index in [-0.39, 0.29) is 17.6 Å². The van der Waals surface area contributed by atoms with Gasteiger partial charge in [-0.1, -0.05) is 0 Å². The van der Waals surface area contributed by atoms with Crippen molar-refractivity contribution < 1.29 is 9.53 Å². The molecule has 5 rings (SSSR count). The van der Waals surface area contributed by atoms with Gasteiger partial charge < -0.3 is 36.2 Å². The molecule has 0 aliphatic carbocycles. The zero-order chi connectivity index (χ0) is 25.6. The number of piperidine rings is 1. The Bertz CT molecular complexity index is 1140. The second-order valence-corrected chi connectivity index (χ2v) is 10.00. The number of nitrogens with two attached hydrogens (primary N) is 1. The second-order valence-electron chi connectivity index (χ2n) is 10.00. The van der Waals surface area contributed by atoms with E-state index in [2.05, 4.69) is 30.7 Å². The van der Waals surface area contributed by atoms with Gasteiger partial charge in [-0.05, 0) is 63.5 Å². The van der Waals surface area contributed by atoms with Crippen LogP contribution in [0, 0.1) is 0 Å². The smallest absolute Gasteiger partial charge is 0.350 e. The zero-order valence-corrected chi connectivity index (χ0v) is 21.4. The minimum atomic E-state index is -0.294. The summed E-state index contributed by atoms with van der Waals surface area (Å²) in [5.74, 6) is 1.37. The number of anilines is 2. The number of rotatable bonds is 9. The lowest BCUT2D eigenvalue weighted by Crippen LogP contribution is -2.44. The zero-order valence-electron chi connectivity index (χ0n) is 21.4. The predicted molar refractivity (Wildman–Crippen MR) is 143 cm³/mol. The van der Waals surface area contributed by atoms with Gasteiger partial charge >= 0.3 is 5.69 Å². The van der Waals surface area contributed by atoms with E-state index in [0.717, 1.165) is 78.0 Å². The van der Waals surface area contributed by atoms with Gasteiger partial charge in [-0.25, -0.2) is 4.79 Å². The number of likely N-dealkylation sites (tertiary alicyclic amines) is 1. The van der Waals surface area contributed by atoms with Gasteiger partial charge in [0.05, 0.1) is 11.9 Å². The Labute approximate surface area is 217 Å². The normalized spacial score (nSPS) is 18.4. The highest BCUT2D eigenvalue weighted by atomic mass is 16.5. The van der Waals surface area contributed by atoms with Crippen LogP contribution in [0.2, 0.25) is 0 Å². The maximum Gasteiger partial charge on any atom is 0.350 e. The van der Waals surface area contributed by atoms with Crippen molar-refractivity contribution in [1.29, 1.82) is 0 Å². The first-order valence-electron chi connectivity index (χ1n) is 13.5. The molecule has 2 fully saturated rings. The number of hydrogen-bond acceptors (Lipinski definition) is 9. The van der Waals surface area contributed by atoms with E-state index in [1.54, 1.807) is 29.0 Å². The number of carbonyl (C=O) groups excluding carboxylic acids is 1. The first-order valence-corrected chi connectivity index (χ1v) is 13.5. The van der Waals surface area contributed by atoms with E-state index in [0.29, 0.717) is 41.7 Å². The summed E-state index contributed by atoms with van der Waals surface area (Å²) >= 11 is 0. The van der Waals surface area contributed by atoms with Gasteiger partial charge in [-0.3, -0.25) is 9.36 Å². The van der Waals surface area contributed by atoms with E-state index in [1.165, 1.54) is 0 Å². The molecule has 1 amide bonds. The summed E-state index contributed by atoms with van der Waals surface area (Å²) < 4.78 is 7.79. The van der Waals surface area contributed by atoms with E-state index < -0.39 is 0 Å². The molecule has 4 heterocycles. The van der Waals surface area contributed by atoms with Crippen LogP contribution in [0.1, 0.15) is 42.1 Å². The number of amides is 1. The average Bonchev–Trinajstić information content (AvgIpc) is 2.93. The fourth-order valence-corrected chi connectivity index (χ4v) is 5.26. The van der Waals surface area contributed by atoms with E-state index >= 15 is 0 Å². The van der Waals surface area contributed by atoms with Gasteiger partial charge in [0.25, 0.3) is 5.91 Å². The first kappa shape index (κ1) is 25.7. The van der Waals surface area contributed by atoms with Gasteiger partial charge in [0.2, 0.25) is 0 Å². The maximum absolute atomic E-state index is 12.8. The van der Waals surface area contributed by atoms with Crippen LogP contribution in [0.15, 0.2) is 29.2 Å². The highest BCUT2D eigenvalue weighted by Gasteiger charge is 2.25. The Hall–Kier alpha value is -2.99. The molecule has 1 aromatic heterocycles. The van der Waals surface area contributed by atoms with Crippen LogP contribution >= 0.6 is 0 Å². The Kier molecular flexibility index (Phi) is 8.34. The third-order valence-electron chi connectivity index (χ3n) is 7.41. The summed E-state index contributed by atoms with van der Waals surface area (Å²) in [6, 6.07) is 5.39. The van der Waals surface area contributed by atoms with Gasteiger partial charge in [-0.15, -0.1) is 0 Å². The Morgan fingerprint density at radius 1 is 1.08 bits per heavy atom. The predicted octanol–water partition coefficient (Wildman–Crippen LogP) is 1.10. The van der Waals surface area contributed by atoms with Crippen molar-refractivity contribution in [2.24, 2.45) is 5.73 Å². The van der Waals surface area contributed by atoms with Crippen LogP contribution in [0.3, 0.4) is 0 Å². The second kappa shape index (κ2) is 12.0. The molecule has 200 valence electrons. The van der Waals surface area contributed by atoms with Crippen LogP contribution < -0.4 is 32.1 Å². The number of aromatic nitrogens is 2. The van der Waals surface area contributed by atoms with E-state index in [1.807, 2.05) is 0 Å². The monoisotopic (exact) mass is 510 g/mol. The number of fused-ring (bicyclic) bond motifs is 2. The highest BCUT2D eigenvalue weighted by Crippen LogP contribution is 2.41. The number of benzene rings is 1.